The van der Waals surface area contributed by atoms with Crippen LogP contribution in [0.2, 0.25) is 0 Å². The van der Waals surface area contributed by atoms with Gasteiger partial charge in [-0.1, -0.05) is 36.5 Å². The van der Waals surface area contributed by atoms with E-state index in [4.69, 9.17) is 0 Å². The Morgan fingerprint density at radius 2 is 1.36 bits per heavy atom. The van der Waals surface area contributed by atoms with E-state index in [0.29, 0.717) is 5.92 Å². The van der Waals surface area contributed by atoms with Gasteiger partial charge in [0.2, 0.25) is 0 Å². The molecule has 14 heavy (non-hydrogen) atoms. The molecule has 0 bridgehead atoms. The number of fused-ring (bicyclic) bond motifs is 1. The molecule has 0 aromatic heterocycles. The van der Waals surface area contributed by atoms with Gasteiger partial charge in [-0.3, -0.25) is 0 Å². The molecule has 2 atom stereocenters. The first kappa shape index (κ1) is 9.76. The average molecular weight is 188 g/mol. The van der Waals surface area contributed by atoms with Gasteiger partial charge < -0.3 is 0 Å². The van der Waals surface area contributed by atoms with E-state index in [1.807, 2.05) is 0 Å². The summed E-state index contributed by atoms with van der Waals surface area (Å²) in [6.45, 7) is 0. The first-order valence-electron chi connectivity index (χ1n) is 5.97. The SMILES string of the molecule is C1=C[C@H]2/C=C/CCCC/C=C/[C@@H]2CC1. The minimum atomic E-state index is 0.679. The lowest BCUT2D eigenvalue weighted by atomic mass is 9.83. The van der Waals surface area contributed by atoms with E-state index < -0.39 is 0 Å². The van der Waals surface area contributed by atoms with E-state index >= 15 is 0 Å². The highest BCUT2D eigenvalue weighted by molar-refractivity contribution is 5.11. The van der Waals surface area contributed by atoms with Crippen molar-refractivity contribution < 1.29 is 0 Å². The fourth-order valence-electron chi connectivity index (χ4n) is 2.36. The Balaban J connectivity index is 2.08. The van der Waals surface area contributed by atoms with Gasteiger partial charge in [-0.05, 0) is 44.4 Å². The fourth-order valence-corrected chi connectivity index (χ4v) is 2.36. The third-order valence-corrected chi connectivity index (χ3v) is 3.25. The van der Waals surface area contributed by atoms with Gasteiger partial charge in [0.15, 0.2) is 0 Å². The van der Waals surface area contributed by atoms with Crippen LogP contribution in [0.1, 0.15) is 38.5 Å². The molecule has 0 N–H and O–H groups in total. The van der Waals surface area contributed by atoms with E-state index in [2.05, 4.69) is 36.5 Å². The summed E-state index contributed by atoms with van der Waals surface area (Å²) in [7, 11) is 0. The Labute approximate surface area is 87.4 Å². The van der Waals surface area contributed by atoms with Crippen molar-refractivity contribution in [1.29, 1.82) is 0 Å². The van der Waals surface area contributed by atoms with Gasteiger partial charge >= 0.3 is 0 Å². The zero-order valence-electron chi connectivity index (χ0n) is 8.86. The Morgan fingerprint density at radius 1 is 0.714 bits per heavy atom. The third-order valence-electron chi connectivity index (χ3n) is 3.25. The molecule has 0 aromatic carbocycles. The molecule has 0 radical (unpaired) electrons. The summed E-state index contributed by atoms with van der Waals surface area (Å²) >= 11 is 0. The molecule has 0 saturated carbocycles. The van der Waals surface area contributed by atoms with Crippen LogP contribution in [-0.2, 0) is 0 Å². The predicted molar refractivity (Wildman–Crippen MR) is 62.1 cm³/mol. The number of rotatable bonds is 0. The second-order valence-corrected chi connectivity index (χ2v) is 4.39. The summed E-state index contributed by atoms with van der Waals surface area (Å²) in [6.07, 6.45) is 22.2. The summed E-state index contributed by atoms with van der Waals surface area (Å²) in [5.41, 5.74) is 0. The molecule has 0 spiro atoms. The summed E-state index contributed by atoms with van der Waals surface area (Å²) in [5.74, 6) is 1.45. The van der Waals surface area contributed by atoms with Crippen LogP contribution in [0, 0.1) is 11.8 Å². The van der Waals surface area contributed by atoms with E-state index in [1.165, 1.54) is 38.5 Å². The molecule has 0 aliphatic heterocycles. The molecule has 0 saturated heterocycles. The van der Waals surface area contributed by atoms with Crippen LogP contribution < -0.4 is 0 Å². The van der Waals surface area contributed by atoms with E-state index in [1.54, 1.807) is 0 Å². The van der Waals surface area contributed by atoms with Crippen molar-refractivity contribution in [3.05, 3.63) is 36.5 Å². The lowest BCUT2D eigenvalue weighted by molar-refractivity contribution is 0.492. The average Bonchev–Trinajstić information content (AvgIpc) is 2.25. The molecule has 2 aliphatic rings. The van der Waals surface area contributed by atoms with Gasteiger partial charge in [0.25, 0.3) is 0 Å². The van der Waals surface area contributed by atoms with Crippen LogP contribution in [-0.4, -0.2) is 0 Å². The predicted octanol–water partition coefficient (Wildman–Crippen LogP) is 4.26. The second kappa shape index (κ2) is 5.19. The Hall–Kier alpha value is -0.780. The molecular formula is C14H20. The van der Waals surface area contributed by atoms with Gasteiger partial charge in [0.05, 0.1) is 0 Å². The zero-order valence-corrected chi connectivity index (χ0v) is 8.86. The first-order valence-corrected chi connectivity index (χ1v) is 5.97. The monoisotopic (exact) mass is 188 g/mol. The highest BCUT2D eigenvalue weighted by atomic mass is 14.2. The quantitative estimate of drug-likeness (QED) is 0.498. The Bertz CT molecular complexity index is 245. The standard InChI is InChI=1S/C14H20/c1-2-4-6-10-14-12-8-7-11-13(14)9-5-3-1/h5-7,9-11,13-14H,1-4,8,12H2/b9-5+,10-6+/t13-,14-/m1/s1. The normalized spacial score (nSPS) is 37.1. The topological polar surface area (TPSA) is 0 Å². The third kappa shape index (κ3) is 2.60. The molecule has 0 amide bonds. The zero-order chi connectivity index (χ0) is 9.64. The molecule has 76 valence electrons. The van der Waals surface area contributed by atoms with Crippen molar-refractivity contribution in [2.75, 3.05) is 0 Å². The van der Waals surface area contributed by atoms with Crippen LogP contribution in [0.4, 0.5) is 0 Å². The van der Waals surface area contributed by atoms with Crippen molar-refractivity contribution in [2.45, 2.75) is 38.5 Å². The van der Waals surface area contributed by atoms with Crippen molar-refractivity contribution >= 4 is 0 Å². The Kier molecular flexibility index (Phi) is 3.62. The minimum Gasteiger partial charge on any atom is -0.0882 e. The summed E-state index contributed by atoms with van der Waals surface area (Å²) in [5, 5.41) is 0. The van der Waals surface area contributed by atoms with Crippen LogP contribution >= 0.6 is 0 Å². The van der Waals surface area contributed by atoms with Gasteiger partial charge in [0.1, 0.15) is 0 Å². The fraction of sp³-hybridized carbons (Fsp3) is 0.571. The van der Waals surface area contributed by atoms with Crippen molar-refractivity contribution in [3.63, 3.8) is 0 Å². The summed E-state index contributed by atoms with van der Waals surface area (Å²) in [6, 6.07) is 0. The van der Waals surface area contributed by atoms with Gasteiger partial charge in [-0.2, -0.15) is 0 Å². The number of allylic oxidation sites excluding steroid dienone is 6. The maximum atomic E-state index is 2.45. The molecule has 2 aliphatic carbocycles. The van der Waals surface area contributed by atoms with E-state index in [9.17, 15) is 0 Å². The molecule has 0 fully saturated rings. The van der Waals surface area contributed by atoms with Crippen LogP contribution in [0.3, 0.4) is 0 Å². The maximum absolute atomic E-state index is 2.45. The number of hydrogen-bond acceptors (Lipinski definition) is 0. The maximum Gasteiger partial charge on any atom is 0.000947 e. The minimum absolute atomic E-state index is 0.679. The molecule has 0 unspecified atom stereocenters. The summed E-state index contributed by atoms with van der Waals surface area (Å²) in [4.78, 5) is 0. The van der Waals surface area contributed by atoms with Crippen molar-refractivity contribution in [2.24, 2.45) is 11.8 Å². The smallest absolute Gasteiger partial charge is 0.000947 e. The molecule has 0 nitrogen and oxygen atoms in total. The van der Waals surface area contributed by atoms with Crippen molar-refractivity contribution in [1.82, 2.24) is 0 Å². The molecule has 0 heterocycles. The first-order chi connectivity index (χ1) is 6.97. The number of hydrogen-bond donors (Lipinski definition) is 0. The van der Waals surface area contributed by atoms with E-state index in [0.717, 1.165) is 5.92 Å². The van der Waals surface area contributed by atoms with Gasteiger partial charge in [-0.25, -0.2) is 0 Å². The van der Waals surface area contributed by atoms with Gasteiger partial charge in [0, 0.05) is 5.92 Å². The van der Waals surface area contributed by atoms with Crippen LogP contribution in [0.15, 0.2) is 36.5 Å². The van der Waals surface area contributed by atoms with E-state index in [-0.39, 0.29) is 0 Å². The largest absolute Gasteiger partial charge is 0.0882 e. The molecule has 2 rings (SSSR count). The van der Waals surface area contributed by atoms with Crippen LogP contribution in [0.25, 0.3) is 0 Å². The lowest BCUT2D eigenvalue weighted by Crippen LogP contribution is -2.11. The Morgan fingerprint density at radius 3 is 2.14 bits per heavy atom. The summed E-state index contributed by atoms with van der Waals surface area (Å²) < 4.78 is 0. The highest BCUT2D eigenvalue weighted by Crippen LogP contribution is 2.28. The van der Waals surface area contributed by atoms with Crippen LogP contribution in [0.5, 0.6) is 0 Å². The second-order valence-electron chi connectivity index (χ2n) is 4.39. The highest BCUT2D eigenvalue weighted by Gasteiger charge is 2.16. The lowest BCUT2D eigenvalue weighted by Gasteiger charge is -2.22. The molecule has 0 heteroatoms. The molecule has 0 aromatic rings. The van der Waals surface area contributed by atoms with Crippen molar-refractivity contribution in [3.8, 4) is 0 Å². The molecular weight excluding hydrogens is 168 g/mol. The van der Waals surface area contributed by atoms with Gasteiger partial charge in [-0.15, -0.1) is 0 Å².